The highest BCUT2D eigenvalue weighted by atomic mass is 32.2. The molecule has 7 nitrogen and oxygen atoms in total. The quantitative estimate of drug-likeness (QED) is 0.811. The summed E-state index contributed by atoms with van der Waals surface area (Å²) in [5.41, 5.74) is 7.22. The van der Waals surface area contributed by atoms with Gasteiger partial charge in [-0.3, -0.25) is 9.48 Å². The number of nitrogens with two attached hydrogens (primary N) is 1. The second-order valence-electron chi connectivity index (χ2n) is 5.14. The molecule has 1 aliphatic heterocycles. The van der Waals surface area contributed by atoms with Crippen LogP contribution in [0.2, 0.25) is 0 Å². The van der Waals surface area contributed by atoms with Gasteiger partial charge in [-0.05, 0) is 26.2 Å². The maximum Gasteiger partial charge on any atom is 0.271 e. The van der Waals surface area contributed by atoms with E-state index in [0.717, 1.165) is 0 Å². The summed E-state index contributed by atoms with van der Waals surface area (Å²) >= 11 is 0. The first-order valence-corrected chi connectivity index (χ1v) is 8.47. The van der Waals surface area contributed by atoms with Crippen LogP contribution in [0.3, 0.4) is 0 Å². The molecule has 0 aliphatic carbocycles. The number of anilines is 1. The Labute approximate surface area is 118 Å². The number of nitrogens with zero attached hydrogens (tertiary/aromatic N) is 2. The predicted octanol–water partition coefficient (Wildman–Crippen LogP) is -0.0419. The molecule has 0 bridgehead atoms. The fraction of sp³-hybridized carbons (Fsp3) is 0.667. The van der Waals surface area contributed by atoms with Gasteiger partial charge >= 0.3 is 0 Å². The second-order valence-corrected chi connectivity index (χ2v) is 7.37. The van der Waals surface area contributed by atoms with Gasteiger partial charge in [0, 0.05) is 13.1 Å². The zero-order chi connectivity index (χ0) is 14.9. The molecule has 0 spiro atoms. The molecular weight excluding hydrogens is 280 g/mol. The van der Waals surface area contributed by atoms with Crippen molar-refractivity contribution in [2.75, 3.05) is 23.8 Å². The van der Waals surface area contributed by atoms with Crippen LogP contribution in [0.1, 0.15) is 29.5 Å². The molecule has 0 saturated carbocycles. The largest absolute Gasteiger partial charge is 0.395 e. The Hall–Kier alpha value is -1.57. The van der Waals surface area contributed by atoms with Crippen LogP contribution >= 0.6 is 0 Å². The van der Waals surface area contributed by atoms with Crippen LogP contribution in [-0.4, -0.2) is 42.2 Å². The molecular formula is C12H20N4O3S. The standard InChI is InChI=1S/C12H20N4O3S/c1-3-16-11(10(13)8(2)15-16)12(17)14-6-9-4-5-20(18,19)7-9/h9H,3-7,13H2,1-2H3,(H,14,17). The Morgan fingerprint density at radius 3 is 2.80 bits per heavy atom. The zero-order valence-electron chi connectivity index (χ0n) is 11.7. The van der Waals surface area contributed by atoms with Crippen molar-refractivity contribution >= 4 is 21.4 Å². The monoisotopic (exact) mass is 300 g/mol. The fourth-order valence-electron chi connectivity index (χ4n) is 2.42. The molecule has 8 heteroatoms. The van der Waals surface area contributed by atoms with Crippen molar-refractivity contribution in [3.8, 4) is 0 Å². The van der Waals surface area contributed by atoms with Crippen molar-refractivity contribution in [3.63, 3.8) is 0 Å². The van der Waals surface area contributed by atoms with Crippen LogP contribution in [0.4, 0.5) is 5.69 Å². The SMILES string of the molecule is CCn1nc(C)c(N)c1C(=O)NCC1CCS(=O)(=O)C1. The average molecular weight is 300 g/mol. The third-order valence-corrected chi connectivity index (χ3v) is 5.40. The van der Waals surface area contributed by atoms with E-state index in [1.54, 1.807) is 11.6 Å². The van der Waals surface area contributed by atoms with Crippen LogP contribution in [-0.2, 0) is 16.4 Å². The maximum absolute atomic E-state index is 12.2. The number of sulfone groups is 1. The van der Waals surface area contributed by atoms with E-state index < -0.39 is 9.84 Å². The Morgan fingerprint density at radius 1 is 1.55 bits per heavy atom. The van der Waals surface area contributed by atoms with E-state index in [-0.39, 0.29) is 23.3 Å². The lowest BCUT2D eigenvalue weighted by Gasteiger charge is -2.11. The number of carbonyl (C=O) groups excluding carboxylic acids is 1. The van der Waals surface area contributed by atoms with Crippen molar-refractivity contribution in [2.45, 2.75) is 26.8 Å². The Balaban J connectivity index is 2.03. The van der Waals surface area contributed by atoms with Crippen LogP contribution < -0.4 is 11.1 Å². The van der Waals surface area contributed by atoms with E-state index in [1.807, 2.05) is 6.92 Å². The predicted molar refractivity (Wildman–Crippen MR) is 76.1 cm³/mol. The van der Waals surface area contributed by atoms with Crippen molar-refractivity contribution in [2.24, 2.45) is 5.92 Å². The van der Waals surface area contributed by atoms with Gasteiger partial charge in [-0.25, -0.2) is 8.42 Å². The molecule has 0 aromatic carbocycles. The van der Waals surface area contributed by atoms with Crippen molar-refractivity contribution in [1.29, 1.82) is 0 Å². The minimum Gasteiger partial charge on any atom is -0.395 e. The first-order valence-electron chi connectivity index (χ1n) is 6.65. The smallest absolute Gasteiger partial charge is 0.271 e. The summed E-state index contributed by atoms with van der Waals surface area (Å²) in [5, 5.41) is 6.95. The number of hydrogen-bond donors (Lipinski definition) is 2. The fourth-order valence-corrected chi connectivity index (χ4v) is 4.28. The maximum atomic E-state index is 12.2. The number of aromatic nitrogens is 2. The molecule has 1 atom stereocenters. The summed E-state index contributed by atoms with van der Waals surface area (Å²) in [5.74, 6) is 0.0507. The van der Waals surface area contributed by atoms with Gasteiger partial charge in [0.25, 0.3) is 5.91 Å². The lowest BCUT2D eigenvalue weighted by atomic mass is 10.1. The summed E-state index contributed by atoms with van der Waals surface area (Å²) in [6, 6.07) is 0. The molecule has 3 N–H and O–H groups in total. The van der Waals surface area contributed by atoms with E-state index >= 15 is 0 Å². The third kappa shape index (κ3) is 2.95. The van der Waals surface area contributed by atoms with Crippen molar-refractivity contribution in [1.82, 2.24) is 15.1 Å². The zero-order valence-corrected chi connectivity index (χ0v) is 12.5. The van der Waals surface area contributed by atoms with Gasteiger partial charge in [0.05, 0.1) is 22.9 Å². The number of amides is 1. The lowest BCUT2D eigenvalue weighted by Crippen LogP contribution is -2.32. The summed E-state index contributed by atoms with van der Waals surface area (Å²) < 4.78 is 24.3. The molecule has 2 rings (SSSR count). The van der Waals surface area contributed by atoms with E-state index in [0.29, 0.717) is 36.6 Å². The van der Waals surface area contributed by atoms with E-state index in [2.05, 4.69) is 10.4 Å². The Morgan fingerprint density at radius 2 is 2.25 bits per heavy atom. The van der Waals surface area contributed by atoms with Crippen molar-refractivity contribution in [3.05, 3.63) is 11.4 Å². The van der Waals surface area contributed by atoms with Gasteiger partial charge in [0.1, 0.15) is 5.69 Å². The highest BCUT2D eigenvalue weighted by molar-refractivity contribution is 7.91. The molecule has 0 radical (unpaired) electrons. The average Bonchev–Trinajstić information content (AvgIpc) is 2.87. The molecule has 20 heavy (non-hydrogen) atoms. The third-order valence-electron chi connectivity index (χ3n) is 3.57. The first-order chi connectivity index (χ1) is 9.34. The van der Waals surface area contributed by atoms with E-state index in [1.165, 1.54) is 0 Å². The van der Waals surface area contributed by atoms with Gasteiger partial charge in [0.2, 0.25) is 0 Å². The summed E-state index contributed by atoms with van der Waals surface area (Å²) in [7, 11) is -2.92. The normalized spacial score (nSPS) is 21.0. The van der Waals surface area contributed by atoms with E-state index in [9.17, 15) is 13.2 Å². The Kier molecular flexibility index (Phi) is 4.03. The molecule has 1 aromatic rings. The van der Waals surface area contributed by atoms with Gasteiger partial charge in [-0.2, -0.15) is 5.10 Å². The van der Waals surface area contributed by atoms with Gasteiger partial charge in [-0.15, -0.1) is 0 Å². The molecule has 1 aliphatic rings. The molecule has 1 fully saturated rings. The Bertz CT molecular complexity index is 621. The molecule has 1 saturated heterocycles. The lowest BCUT2D eigenvalue weighted by molar-refractivity contribution is 0.0938. The minimum absolute atomic E-state index is 0.00994. The van der Waals surface area contributed by atoms with Crippen molar-refractivity contribution < 1.29 is 13.2 Å². The van der Waals surface area contributed by atoms with Crippen LogP contribution in [0.5, 0.6) is 0 Å². The number of nitrogens with one attached hydrogen (secondary N) is 1. The topological polar surface area (TPSA) is 107 Å². The summed E-state index contributed by atoms with van der Waals surface area (Å²) in [6.45, 7) is 4.54. The number of carbonyl (C=O) groups is 1. The summed E-state index contributed by atoms with van der Waals surface area (Å²) in [6.07, 6.45) is 0.601. The van der Waals surface area contributed by atoms with Crippen LogP contribution in [0.15, 0.2) is 0 Å². The minimum atomic E-state index is -2.92. The highest BCUT2D eigenvalue weighted by Crippen LogP contribution is 2.19. The van der Waals surface area contributed by atoms with E-state index in [4.69, 9.17) is 5.73 Å². The molecule has 2 heterocycles. The molecule has 1 unspecified atom stereocenters. The molecule has 1 aromatic heterocycles. The number of aryl methyl sites for hydroxylation is 2. The number of nitrogen functional groups attached to an aromatic ring is 1. The second kappa shape index (κ2) is 5.43. The van der Waals surface area contributed by atoms with Gasteiger partial charge < -0.3 is 11.1 Å². The molecule has 112 valence electrons. The number of rotatable bonds is 4. The van der Waals surface area contributed by atoms with Gasteiger partial charge in [-0.1, -0.05) is 0 Å². The van der Waals surface area contributed by atoms with Crippen LogP contribution in [0.25, 0.3) is 0 Å². The summed E-state index contributed by atoms with van der Waals surface area (Å²) in [4.78, 5) is 12.2. The van der Waals surface area contributed by atoms with Gasteiger partial charge in [0.15, 0.2) is 9.84 Å². The highest BCUT2D eigenvalue weighted by Gasteiger charge is 2.28. The van der Waals surface area contributed by atoms with Crippen LogP contribution in [0, 0.1) is 12.8 Å². The number of hydrogen-bond acceptors (Lipinski definition) is 5. The molecule has 1 amide bonds. The first kappa shape index (κ1) is 14.8.